The highest BCUT2D eigenvalue weighted by Crippen LogP contribution is 2.91. The molecule has 15 heavy (non-hydrogen) atoms. The van der Waals surface area contributed by atoms with E-state index in [4.69, 9.17) is 0 Å². The maximum absolute atomic E-state index is 2.64. The number of rotatable bonds is 0. The first-order valence-corrected chi connectivity index (χ1v) is 6.93. The van der Waals surface area contributed by atoms with Crippen LogP contribution in [-0.2, 0) is 0 Å². The van der Waals surface area contributed by atoms with Crippen LogP contribution in [0.1, 0.15) is 53.4 Å². The summed E-state index contributed by atoms with van der Waals surface area (Å²) in [6.45, 7) is 10.4. The summed E-state index contributed by atoms with van der Waals surface area (Å²) in [6.07, 6.45) is 6.10. The third kappa shape index (κ3) is 0.666. The molecule has 5 saturated carbocycles. The van der Waals surface area contributed by atoms with E-state index >= 15 is 0 Å². The zero-order chi connectivity index (χ0) is 10.6. The van der Waals surface area contributed by atoms with Gasteiger partial charge in [0.2, 0.25) is 0 Å². The summed E-state index contributed by atoms with van der Waals surface area (Å²) >= 11 is 0. The summed E-state index contributed by atoms with van der Waals surface area (Å²) in [6, 6.07) is 0. The molecule has 0 heteroatoms. The van der Waals surface area contributed by atoms with Crippen molar-refractivity contribution in [3.63, 3.8) is 0 Å². The van der Waals surface area contributed by atoms with Gasteiger partial charge >= 0.3 is 0 Å². The van der Waals surface area contributed by atoms with Crippen LogP contribution in [0.4, 0.5) is 0 Å². The first kappa shape index (κ1) is 9.07. The third-order valence-corrected chi connectivity index (χ3v) is 7.58. The predicted molar refractivity (Wildman–Crippen MR) is 62.4 cm³/mol. The van der Waals surface area contributed by atoms with Gasteiger partial charge in [0.1, 0.15) is 0 Å². The minimum atomic E-state index is 0.649. The summed E-state index contributed by atoms with van der Waals surface area (Å²) in [7, 11) is 0. The molecule has 5 rings (SSSR count). The predicted octanol–water partition coefficient (Wildman–Crippen LogP) is 4.10. The van der Waals surface area contributed by atoms with E-state index in [2.05, 4.69) is 27.7 Å². The molecule has 0 heterocycles. The molecule has 0 aliphatic heterocycles. The normalized spacial score (nSPS) is 68.0. The van der Waals surface area contributed by atoms with Crippen LogP contribution in [0, 0.1) is 39.9 Å². The molecule has 6 bridgehead atoms. The van der Waals surface area contributed by atoms with Crippen LogP contribution in [0.15, 0.2) is 0 Å². The minimum Gasteiger partial charge on any atom is -0.0596 e. The second-order valence-corrected chi connectivity index (χ2v) is 8.04. The summed E-state index contributed by atoms with van der Waals surface area (Å²) in [4.78, 5) is 0. The minimum absolute atomic E-state index is 0.649. The van der Waals surface area contributed by atoms with E-state index in [0.29, 0.717) is 5.41 Å². The van der Waals surface area contributed by atoms with Crippen LogP contribution in [-0.4, -0.2) is 0 Å². The average Bonchev–Trinajstić information content (AvgIpc) is 2.49. The SMILES string of the molecule is CC1(C)CCC[C@@]2(C)[C@@H]3C[C@H]4[C@@H]([C@@H]31)[C@]42C. The molecule has 0 N–H and O–H groups in total. The molecule has 0 radical (unpaired) electrons. The topological polar surface area (TPSA) is 0 Å². The van der Waals surface area contributed by atoms with Crippen molar-refractivity contribution in [1.82, 2.24) is 0 Å². The maximum atomic E-state index is 2.64. The van der Waals surface area contributed by atoms with Crippen LogP contribution < -0.4 is 0 Å². The Labute approximate surface area is 93.8 Å². The molecule has 0 amide bonds. The van der Waals surface area contributed by atoms with Gasteiger partial charge < -0.3 is 0 Å². The highest BCUT2D eigenvalue weighted by Gasteiger charge is 2.86. The quantitative estimate of drug-likeness (QED) is 0.557. The lowest BCUT2D eigenvalue weighted by molar-refractivity contribution is 0.127. The van der Waals surface area contributed by atoms with E-state index in [1.165, 1.54) is 19.3 Å². The molecule has 5 aliphatic rings. The second-order valence-electron chi connectivity index (χ2n) is 8.04. The molecular weight excluding hydrogens is 180 g/mol. The average molecular weight is 204 g/mol. The van der Waals surface area contributed by atoms with Gasteiger partial charge in [-0.1, -0.05) is 34.1 Å². The van der Waals surface area contributed by atoms with Crippen LogP contribution in [0.3, 0.4) is 0 Å². The van der Waals surface area contributed by atoms with E-state index in [1.807, 2.05) is 0 Å². The highest BCUT2D eigenvalue weighted by molar-refractivity contribution is 5.33. The summed E-state index contributed by atoms with van der Waals surface area (Å²) in [5.74, 6) is 4.44. The van der Waals surface area contributed by atoms with Gasteiger partial charge in [0.05, 0.1) is 0 Å². The Morgan fingerprint density at radius 2 is 1.60 bits per heavy atom. The Balaban J connectivity index is 1.89. The van der Waals surface area contributed by atoms with Crippen LogP contribution in [0.5, 0.6) is 0 Å². The molecular formula is C15H24. The van der Waals surface area contributed by atoms with E-state index in [9.17, 15) is 0 Å². The molecule has 0 aromatic heterocycles. The summed E-state index contributed by atoms with van der Waals surface area (Å²) < 4.78 is 0. The van der Waals surface area contributed by atoms with Gasteiger partial charge in [-0.15, -0.1) is 0 Å². The molecule has 5 fully saturated rings. The van der Waals surface area contributed by atoms with Gasteiger partial charge in [-0.3, -0.25) is 0 Å². The van der Waals surface area contributed by atoms with Crippen molar-refractivity contribution < 1.29 is 0 Å². The van der Waals surface area contributed by atoms with Gasteiger partial charge in [-0.25, -0.2) is 0 Å². The number of hydrogen-bond acceptors (Lipinski definition) is 0. The fourth-order valence-corrected chi connectivity index (χ4v) is 6.75. The highest BCUT2D eigenvalue weighted by atomic mass is 14.9. The molecule has 0 aromatic carbocycles. The standard InChI is InChI=1S/C15H24/c1-13(2)6-5-7-14(3)9-8-10-12(11(9)13)15(10,14)4/h9-12H,5-8H2,1-4H3/t9-,10+,11-,12+,14+,15+/m1/s1. The van der Waals surface area contributed by atoms with Crippen molar-refractivity contribution in [2.45, 2.75) is 53.4 Å². The third-order valence-electron chi connectivity index (χ3n) is 7.58. The molecule has 0 nitrogen and oxygen atoms in total. The lowest BCUT2D eigenvalue weighted by Gasteiger charge is -2.35. The summed E-state index contributed by atoms with van der Waals surface area (Å²) in [5.41, 5.74) is 2.16. The zero-order valence-corrected chi connectivity index (χ0v) is 10.6. The monoisotopic (exact) mass is 204 g/mol. The Morgan fingerprint density at radius 1 is 0.867 bits per heavy atom. The molecule has 84 valence electrons. The van der Waals surface area contributed by atoms with E-state index in [0.717, 1.165) is 34.5 Å². The van der Waals surface area contributed by atoms with Crippen molar-refractivity contribution >= 4 is 0 Å². The Morgan fingerprint density at radius 3 is 2.27 bits per heavy atom. The lowest BCUT2D eigenvalue weighted by atomic mass is 9.69. The van der Waals surface area contributed by atoms with Crippen LogP contribution >= 0.6 is 0 Å². The molecule has 5 aliphatic carbocycles. The van der Waals surface area contributed by atoms with Crippen molar-refractivity contribution in [2.24, 2.45) is 39.9 Å². The van der Waals surface area contributed by atoms with Gasteiger partial charge in [-0.2, -0.15) is 0 Å². The number of hydrogen-bond donors (Lipinski definition) is 0. The van der Waals surface area contributed by atoms with Crippen molar-refractivity contribution in [3.8, 4) is 0 Å². The van der Waals surface area contributed by atoms with E-state index in [1.54, 1.807) is 6.42 Å². The van der Waals surface area contributed by atoms with Crippen molar-refractivity contribution in [2.75, 3.05) is 0 Å². The van der Waals surface area contributed by atoms with Crippen LogP contribution in [0.25, 0.3) is 0 Å². The van der Waals surface area contributed by atoms with Gasteiger partial charge in [-0.05, 0) is 59.2 Å². The fourth-order valence-electron chi connectivity index (χ4n) is 6.75. The maximum Gasteiger partial charge on any atom is -0.0204 e. The van der Waals surface area contributed by atoms with Gasteiger partial charge in [0, 0.05) is 0 Å². The molecule has 6 atom stereocenters. The van der Waals surface area contributed by atoms with E-state index < -0.39 is 0 Å². The first-order valence-electron chi connectivity index (χ1n) is 6.93. The smallest absolute Gasteiger partial charge is 0.0204 e. The Kier molecular flexibility index (Phi) is 1.24. The van der Waals surface area contributed by atoms with Crippen molar-refractivity contribution in [1.29, 1.82) is 0 Å². The first-order chi connectivity index (χ1) is 6.93. The zero-order valence-electron chi connectivity index (χ0n) is 10.6. The lowest BCUT2D eigenvalue weighted by Crippen LogP contribution is -2.29. The molecule has 0 aromatic rings. The van der Waals surface area contributed by atoms with Gasteiger partial charge in [0.15, 0.2) is 0 Å². The Hall–Kier alpha value is 0. The fraction of sp³-hybridized carbons (Fsp3) is 1.00. The molecule has 0 spiro atoms. The van der Waals surface area contributed by atoms with E-state index in [-0.39, 0.29) is 0 Å². The van der Waals surface area contributed by atoms with Crippen molar-refractivity contribution in [3.05, 3.63) is 0 Å². The van der Waals surface area contributed by atoms with Crippen LogP contribution in [0.2, 0.25) is 0 Å². The van der Waals surface area contributed by atoms with Gasteiger partial charge in [0.25, 0.3) is 0 Å². The second kappa shape index (κ2) is 2.05. The Bertz CT molecular complexity index is 342. The largest absolute Gasteiger partial charge is 0.0596 e. The summed E-state index contributed by atoms with van der Waals surface area (Å²) in [5, 5.41) is 0. The molecule has 0 saturated heterocycles. The molecule has 0 unspecified atom stereocenters.